The molecular formula is C14H10BF10P. The van der Waals surface area contributed by atoms with Gasteiger partial charge in [-0.2, -0.15) is 26.3 Å². The van der Waals surface area contributed by atoms with E-state index in [4.69, 9.17) is 0 Å². The molecule has 0 bridgehead atoms. The first-order chi connectivity index (χ1) is 11.7. The molecule has 0 saturated carbocycles. The molecule has 0 nitrogen and oxygen atoms in total. The molecule has 0 saturated heterocycles. The van der Waals surface area contributed by atoms with E-state index in [9.17, 15) is 43.6 Å². The Morgan fingerprint density at radius 2 is 0.769 bits per heavy atom. The molecule has 2 rings (SSSR count). The third kappa shape index (κ3) is 8.55. The Morgan fingerprint density at radius 1 is 0.538 bits per heavy atom. The standard InChI is InChI=1S/C14H9F6P.BF4/c15-13(16,17)9-1-5-11(6-2-9)21-12-7-3-10(4-8-12)14(18,19)20;2-1(3,4)5/h1-8,21H;/q;-1/p+1. The Morgan fingerprint density at radius 3 is 0.962 bits per heavy atom. The lowest BCUT2D eigenvalue weighted by atomic mass is 10.2. The molecule has 0 radical (unpaired) electrons. The van der Waals surface area contributed by atoms with Crippen molar-refractivity contribution >= 4 is 26.4 Å². The molecular weight excluding hydrogens is 400 g/mol. The van der Waals surface area contributed by atoms with Gasteiger partial charge in [-0.05, 0) is 48.5 Å². The molecule has 26 heavy (non-hydrogen) atoms. The minimum atomic E-state index is -6.00. The molecule has 2 aromatic carbocycles. The van der Waals surface area contributed by atoms with Gasteiger partial charge in [-0.3, -0.25) is 0 Å². The van der Waals surface area contributed by atoms with E-state index in [0.29, 0.717) is 10.6 Å². The summed E-state index contributed by atoms with van der Waals surface area (Å²) < 4.78 is 113. The Hall–Kier alpha value is -1.77. The van der Waals surface area contributed by atoms with Gasteiger partial charge in [0.1, 0.15) is 0 Å². The van der Waals surface area contributed by atoms with Crippen LogP contribution in [0, 0.1) is 0 Å². The van der Waals surface area contributed by atoms with E-state index < -0.39 is 39.3 Å². The lowest BCUT2D eigenvalue weighted by Gasteiger charge is -2.06. The van der Waals surface area contributed by atoms with E-state index in [1.54, 1.807) is 0 Å². The van der Waals surface area contributed by atoms with Crippen molar-refractivity contribution in [2.45, 2.75) is 12.4 Å². The van der Waals surface area contributed by atoms with Crippen LogP contribution >= 0.6 is 8.58 Å². The highest BCUT2D eigenvalue weighted by molar-refractivity contribution is 7.55. The molecule has 0 unspecified atom stereocenters. The second kappa shape index (κ2) is 8.29. The number of hydrogen-bond acceptors (Lipinski definition) is 0. The molecule has 0 aliphatic rings. The Bertz CT molecular complexity index is 625. The zero-order valence-corrected chi connectivity index (χ0v) is 13.7. The molecule has 0 heterocycles. The number of halogens is 10. The molecule has 0 fully saturated rings. The van der Waals surface area contributed by atoms with E-state index in [2.05, 4.69) is 0 Å². The van der Waals surface area contributed by atoms with Gasteiger partial charge in [0, 0.05) is 0 Å². The molecule has 0 aliphatic carbocycles. The zero-order valence-electron chi connectivity index (χ0n) is 12.6. The van der Waals surface area contributed by atoms with Gasteiger partial charge in [0.25, 0.3) is 0 Å². The fraction of sp³-hybridized carbons (Fsp3) is 0.143. The van der Waals surface area contributed by atoms with Crippen LogP contribution in [0.5, 0.6) is 0 Å². The summed E-state index contributed by atoms with van der Waals surface area (Å²) in [6, 6.07) is 9.34. The maximum Gasteiger partial charge on any atom is 0.673 e. The summed E-state index contributed by atoms with van der Waals surface area (Å²) in [6.45, 7) is 0. The van der Waals surface area contributed by atoms with Crippen LogP contribution in [0.15, 0.2) is 48.5 Å². The van der Waals surface area contributed by atoms with Crippen molar-refractivity contribution in [3.8, 4) is 0 Å². The van der Waals surface area contributed by atoms with Gasteiger partial charge < -0.3 is 17.3 Å². The topological polar surface area (TPSA) is 0 Å². The number of rotatable bonds is 2. The zero-order chi connectivity index (χ0) is 20.2. The lowest BCUT2D eigenvalue weighted by molar-refractivity contribution is -0.138. The molecule has 0 amide bonds. The van der Waals surface area contributed by atoms with Gasteiger partial charge in [0.15, 0.2) is 0 Å². The quantitative estimate of drug-likeness (QED) is 0.354. The van der Waals surface area contributed by atoms with Crippen LogP contribution in [-0.4, -0.2) is 7.25 Å². The van der Waals surface area contributed by atoms with E-state index in [0.717, 1.165) is 24.3 Å². The maximum absolute atomic E-state index is 12.4. The van der Waals surface area contributed by atoms with Crippen molar-refractivity contribution in [1.82, 2.24) is 0 Å². The van der Waals surface area contributed by atoms with Crippen LogP contribution in [0.2, 0.25) is 0 Å². The summed E-state index contributed by atoms with van der Waals surface area (Å²) in [7, 11) is -6.54. The summed E-state index contributed by atoms with van der Waals surface area (Å²) in [5, 5.41) is 1.37. The molecule has 0 N–H and O–H groups in total. The van der Waals surface area contributed by atoms with Crippen LogP contribution in [-0.2, 0) is 12.4 Å². The molecule has 144 valence electrons. The van der Waals surface area contributed by atoms with E-state index in [1.807, 2.05) is 0 Å². The van der Waals surface area contributed by atoms with Crippen LogP contribution in [0.3, 0.4) is 0 Å². The first-order valence-corrected chi connectivity index (χ1v) is 7.88. The van der Waals surface area contributed by atoms with Crippen molar-refractivity contribution in [3.63, 3.8) is 0 Å². The lowest BCUT2D eigenvalue weighted by Crippen LogP contribution is -2.09. The van der Waals surface area contributed by atoms with Crippen molar-refractivity contribution in [1.29, 1.82) is 0 Å². The summed E-state index contributed by atoms with van der Waals surface area (Å²) in [6.07, 6.45) is -8.77. The van der Waals surface area contributed by atoms with Gasteiger partial charge >= 0.3 is 19.6 Å². The van der Waals surface area contributed by atoms with Crippen LogP contribution < -0.4 is 10.6 Å². The van der Waals surface area contributed by atoms with Gasteiger partial charge in [-0.15, -0.1) is 0 Å². The average Bonchev–Trinajstić information content (AvgIpc) is 2.45. The molecule has 2 aromatic rings. The Labute approximate surface area is 143 Å². The Kier molecular flexibility index (Phi) is 7.10. The second-order valence-corrected chi connectivity index (χ2v) is 6.50. The normalized spacial score (nSPS) is 12.4. The number of hydrogen-bond donors (Lipinski definition) is 0. The molecule has 0 aromatic heterocycles. The number of benzene rings is 2. The highest BCUT2D eigenvalue weighted by Crippen LogP contribution is 2.30. The second-order valence-electron chi connectivity index (χ2n) is 4.88. The van der Waals surface area contributed by atoms with E-state index in [1.165, 1.54) is 24.3 Å². The van der Waals surface area contributed by atoms with Gasteiger partial charge in [0.05, 0.1) is 30.3 Å². The van der Waals surface area contributed by atoms with E-state index >= 15 is 0 Å². The van der Waals surface area contributed by atoms with E-state index in [-0.39, 0.29) is 0 Å². The molecule has 0 aliphatic heterocycles. The summed E-state index contributed by atoms with van der Waals surface area (Å²) in [4.78, 5) is 0. The van der Waals surface area contributed by atoms with Crippen LogP contribution in [0.1, 0.15) is 11.1 Å². The van der Waals surface area contributed by atoms with Gasteiger partial charge in [-0.1, -0.05) is 0 Å². The first-order valence-electron chi connectivity index (χ1n) is 6.73. The van der Waals surface area contributed by atoms with Crippen LogP contribution in [0.25, 0.3) is 0 Å². The fourth-order valence-electron chi connectivity index (χ4n) is 1.73. The van der Waals surface area contributed by atoms with Crippen molar-refractivity contribution in [2.24, 2.45) is 0 Å². The predicted octanol–water partition coefficient (Wildman–Crippen LogP) is 5.39. The highest BCUT2D eigenvalue weighted by Gasteiger charge is 2.31. The molecule has 0 atom stereocenters. The Balaban J connectivity index is 0.000000597. The largest absolute Gasteiger partial charge is 0.673 e. The van der Waals surface area contributed by atoms with Crippen molar-refractivity contribution in [2.75, 3.05) is 0 Å². The minimum Gasteiger partial charge on any atom is -0.418 e. The molecule has 12 heteroatoms. The van der Waals surface area contributed by atoms with Crippen molar-refractivity contribution < 1.29 is 43.6 Å². The average molecular weight is 410 g/mol. The minimum absolute atomic E-state index is 0.543. The smallest absolute Gasteiger partial charge is 0.418 e. The SMILES string of the molecule is FC(F)(F)c1ccc([PH2+]c2ccc(C(F)(F)F)cc2)cc1.F[B-](F)(F)F. The summed E-state index contributed by atoms with van der Waals surface area (Å²) in [5.41, 5.74) is -1.48. The molecule has 0 spiro atoms. The fourth-order valence-corrected chi connectivity index (χ4v) is 2.88. The monoisotopic (exact) mass is 410 g/mol. The van der Waals surface area contributed by atoms with Gasteiger partial charge in [-0.25, -0.2) is 0 Å². The van der Waals surface area contributed by atoms with Crippen molar-refractivity contribution in [3.05, 3.63) is 59.7 Å². The third-order valence-electron chi connectivity index (χ3n) is 2.81. The number of alkyl halides is 6. The predicted molar refractivity (Wildman–Crippen MR) is 82.1 cm³/mol. The van der Waals surface area contributed by atoms with Crippen LogP contribution in [0.4, 0.5) is 43.6 Å². The summed E-state index contributed by atoms with van der Waals surface area (Å²) >= 11 is 0. The highest BCUT2D eigenvalue weighted by atomic mass is 31.1. The third-order valence-corrected chi connectivity index (χ3v) is 4.25. The van der Waals surface area contributed by atoms with Gasteiger partial charge in [0.2, 0.25) is 0 Å². The maximum atomic E-state index is 12.4. The summed E-state index contributed by atoms with van der Waals surface area (Å²) in [5.74, 6) is 0. The first kappa shape index (κ1) is 22.3.